The van der Waals surface area contributed by atoms with Gasteiger partial charge in [-0.15, -0.1) is 0 Å². The number of hydrogen-bond donors (Lipinski definition) is 2. The van der Waals surface area contributed by atoms with E-state index in [0.717, 1.165) is 4.68 Å². The first-order valence-electron chi connectivity index (χ1n) is 9.08. The van der Waals surface area contributed by atoms with Gasteiger partial charge in [-0.25, -0.2) is 23.1 Å². The number of aromatic nitrogens is 4. The van der Waals surface area contributed by atoms with Gasteiger partial charge in [-0.3, -0.25) is 4.79 Å². The molecule has 0 saturated carbocycles. The maximum absolute atomic E-state index is 12.6. The van der Waals surface area contributed by atoms with E-state index >= 15 is 0 Å². The molecular formula is C18H18ClN7O5S. The predicted octanol–water partition coefficient (Wildman–Crippen LogP) is 2.60. The Morgan fingerprint density at radius 2 is 1.75 bits per heavy atom. The van der Waals surface area contributed by atoms with E-state index in [9.17, 15) is 23.3 Å². The smallest absolute Gasteiger partial charge is 0.358 e. The minimum absolute atomic E-state index is 0.0396. The first-order chi connectivity index (χ1) is 15.0. The summed E-state index contributed by atoms with van der Waals surface area (Å²) in [6, 6.07) is 7.13. The molecule has 0 unspecified atom stereocenters. The Morgan fingerprint density at radius 3 is 2.28 bits per heavy atom. The Bertz CT molecular complexity index is 1290. The van der Waals surface area contributed by atoms with E-state index in [4.69, 9.17) is 11.6 Å². The van der Waals surface area contributed by atoms with Crippen molar-refractivity contribution in [2.24, 2.45) is 0 Å². The van der Waals surface area contributed by atoms with Gasteiger partial charge in [-0.2, -0.15) is 4.68 Å². The molecule has 3 aromatic rings. The van der Waals surface area contributed by atoms with Crippen LogP contribution in [0.5, 0.6) is 0 Å². The molecule has 0 aliphatic rings. The Morgan fingerprint density at radius 1 is 1.16 bits per heavy atom. The maximum atomic E-state index is 12.6. The van der Waals surface area contributed by atoms with Crippen molar-refractivity contribution in [3.63, 3.8) is 0 Å². The number of anilines is 2. The van der Waals surface area contributed by atoms with Crippen molar-refractivity contribution in [3.8, 4) is 0 Å². The highest BCUT2D eigenvalue weighted by molar-refractivity contribution is 7.92. The molecule has 1 aromatic carbocycles. The zero-order chi connectivity index (χ0) is 23.6. The van der Waals surface area contributed by atoms with Crippen LogP contribution >= 0.6 is 11.6 Å². The average Bonchev–Trinajstić information content (AvgIpc) is 2.96. The second-order valence-corrected chi connectivity index (χ2v) is 8.85. The number of nitro groups is 1. The fraction of sp³-hybridized carbons (Fsp3) is 0.222. The third-order valence-electron chi connectivity index (χ3n) is 4.24. The third kappa shape index (κ3) is 5.18. The Balaban J connectivity index is 1.69. The van der Waals surface area contributed by atoms with E-state index in [1.165, 1.54) is 31.2 Å². The highest BCUT2D eigenvalue weighted by Gasteiger charge is 2.25. The maximum Gasteiger partial charge on any atom is 0.408 e. The van der Waals surface area contributed by atoms with E-state index in [-0.39, 0.29) is 28.1 Å². The van der Waals surface area contributed by atoms with Gasteiger partial charge in [0.15, 0.2) is 5.02 Å². The molecule has 1 amide bonds. The van der Waals surface area contributed by atoms with E-state index in [1.54, 1.807) is 19.9 Å². The van der Waals surface area contributed by atoms with E-state index < -0.39 is 26.7 Å². The molecule has 168 valence electrons. The number of benzene rings is 1. The van der Waals surface area contributed by atoms with Crippen molar-refractivity contribution < 1.29 is 18.1 Å². The molecule has 12 nitrogen and oxygen atoms in total. The van der Waals surface area contributed by atoms with Crippen molar-refractivity contribution in [2.45, 2.75) is 32.2 Å². The Kier molecular flexibility index (Phi) is 6.41. The van der Waals surface area contributed by atoms with E-state index in [2.05, 4.69) is 25.1 Å². The summed E-state index contributed by atoms with van der Waals surface area (Å²) in [4.78, 5) is 30.5. The minimum atomic E-state index is -3.94. The van der Waals surface area contributed by atoms with Crippen LogP contribution < -0.4 is 10.0 Å². The molecule has 0 saturated heterocycles. The third-order valence-corrected chi connectivity index (χ3v) is 6.03. The Hall–Kier alpha value is -3.58. The monoisotopic (exact) mass is 479 g/mol. The van der Waals surface area contributed by atoms with Crippen LogP contribution in [0.15, 0.2) is 35.2 Å². The van der Waals surface area contributed by atoms with Crippen LogP contribution in [0.4, 0.5) is 17.5 Å². The van der Waals surface area contributed by atoms with Gasteiger partial charge in [0.05, 0.1) is 15.7 Å². The van der Waals surface area contributed by atoms with Crippen LogP contribution in [0.3, 0.4) is 0 Å². The van der Waals surface area contributed by atoms with Crippen LogP contribution in [0.1, 0.15) is 17.1 Å². The van der Waals surface area contributed by atoms with Gasteiger partial charge in [0.2, 0.25) is 11.9 Å². The van der Waals surface area contributed by atoms with Gasteiger partial charge < -0.3 is 15.4 Å². The Labute approximate surface area is 187 Å². The highest BCUT2D eigenvalue weighted by Crippen LogP contribution is 2.26. The van der Waals surface area contributed by atoms with Crippen molar-refractivity contribution in [1.29, 1.82) is 0 Å². The highest BCUT2D eigenvalue weighted by atomic mass is 35.5. The lowest BCUT2D eigenvalue weighted by molar-refractivity contribution is -0.389. The number of sulfonamides is 1. The fourth-order valence-corrected chi connectivity index (χ4v) is 3.93. The number of halogens is 1. The van der Waals surface area contributed by atoms with Crippen molar-refractivity contribution >= 4 is 45.0 Å². The standard InChI is InChI=1S/C18H18ClN7O5S/c1-10-8-11(2)21-18(20-10)24-32(30,31)14-6-4-13(5-7-14)22-15(27)9-25-12(3)16(19)17(23-25)26(28)29/h4-8H,9H2,1-3H3,(H,22,27)(H,20,21,24). The van der Waals surface area contributed by atoms with Gasteiger partial charge in [-0.1, -0.05) is 11.6 Å². The zero-order valence-corrected chi connectivity index (χ0v) is 18.7. The predicted molar refractivity (Wildman–Crippen MR) is 116 cm³/mol. The lowest BCUT2D eigenvalue weighted by Gasteiger charge is -2.09. The summed E-state index contributed by atoms with van der Waals surface area (Å²) < 4.78 is 28.6. The molecule has 32 heavy (non-hydrogen) atoms. The topological polar surface area (TPSA) is 162 Å². The lowest BCUT2D eigenvalue weighted by atomic mass is 10.3. The van der Waals surface area contributed by atoms with Crippen molar-refractivity contribution in [3.05, 3.63) is 62.6 Å². The summed E-state index contributed by atoms with van der Waals surface area (Å²) in [5.41, 5.74) is 1.83. The average molecular weight is 480 g/mol. The molecule has 3 rings (SSSR count). The van der Waals surface area contributed by atoms with Crippen LogP contribution in [-0.4, -0.2) is 39.0 Å². The molecule has 0 spiro atoms. The summed E-state index contributed by atoms with van der Waals surface area (Å²) in [7, 11) is -3.94. The number of hydrogen-bond acceptors (Lipinski definition) is 8. The number of carbonyl (C=O) groups excluding carboxylic acids is 1. The van der Waals surface area contributed by atoms with Crippen LogP contribution in [-0.2, 0) is 21.4 Å². The molecule has 0 aliphatic carbocycles. The van der Waals surface area contributed by atoms with Crippen molar-refractivity contribution in [1.82, 2.24) is 19.7 Å². The van der Waals surface area contributed by atoms with E-state index in [1.807, 2.05) is 0 Å². The minimum Gasteiger partial charge on any atom is -0.358 e. The molecular weight excluding hydrogens is 462 g/mol. The molecule has 0 bridgehead atoms. The molecule has 2 aromatic heterocycles. The normalized spacial score (nSPS) is 11.2. The molecule has 2 heterocycles. The summed E-state index contributed by atoms with van der Waals surface area (Å²) in [6.07, 6.45) is 0. The summed E-state index contributed by atoms with van der Waals surface area (Å²) in [6.45, 7) is 4.63. The summed E-state index contributed by atoms with van der Waals surface area (Å²) in [5.74, 6) is -1.10. The molecule has 14 heteroatoms. The van der Waals surface area contributed by atoms with Gasteiger partial charge in [-0.05, 0) is 56.0 Å². The SMILES string of the molecule is Cc1cc(C)nc(NS(=O)(=O)c2ccc(NC(=O)Cn3nc([N+](=O)[O-])c(Cl)c3C)cc2)n1. The molecule has 0 atom stereocenters. The second-order valence-electron chi connectivity index (χ2n) is 6.79. The lowest BCUT2D eigenvalue weighted by Crippen LogP contribution is -2.20. The summed E-state index contributed by atoms with van der Waals surface area (Å²) in [5, 5.41) is 17.0. The molecule has 0 aliphatic heterocycles. The van der Waals surface area contributed by atoms with Gasteiger partial charge >= 0.3 is 5.82 Å². The van der Waals surface area contributed by atoms with Gasteiger partial charge in [0.25, 0.3) is 10.0 Å². The first kappa shape index (κ1) is 23.1. The zero-order valence-electron chi connectivity index (χ0n) is 17.2. The number of rotatable bonds is 7. The van der Waals surface area contributed by atoms with Crippen molar-refractivity contribution in [2.75, 3.05) is 10.0 Å². The number of nitrogens with zero attached hydrogens (tertiary/aromatic N) is 5. The number of nitrogens with one attached hydrogen (secondary N) is 2. The van der Waals surface area contributed by atoms with Gasteiger partial charge in [0, 0.05) is 17.1 Å². The number of carbonyl (C=O) groups is 1. The van der Waals surface area contributed by atoms with Gasteiger partial charge in [0.1, 0.15) is 6.54 Å². The molecule has 0 fully saturated rings. The molecule has 0 radical (unpaired) electrons. The largest absolute Gasteiger partial charge is 0.408 e. The molecule has 2 N–H and O–H groups in total. The second kappa shape index (κ2) is 8.88. The fourth-order valence-electron chi connectivity index (χ4n) is 2.78. The number of aryl methyl sites for hydroxylation is 2. The van der Waals surface area contributed by atoms with Crippen LogP contribution in [0.2, 0.25) is 5.02 Å². The van der Waals surface area contributed by atoms with Crippen LogP contribution in [0.25, 0.3) is 0 Å². The number of amides is 1. The first-order valence-corrected chi connectivity index (χ1v) is 10.9. The quantitative estimate of drug-likeness (QED) is 0.385. The van der Waals surface area contributed by atoms with Crippen LogP contribution in [0, 0.1) is 30.9 Å². The van der Waals surface area contributed by atoms with E-state index in [0.29, 0.717) is 17.1 Å². The summed E-state index contributed by atoms with van der Waals surface area (Å²) >= 11 is 5.86.